The van der Waals surface area contributed by atoms with E-state index in [4.69, 9.17) is 4.42 Å². The molecule has 0 amide bonds. The Bertz CT molecular complexity index is 766. The predicted octanol–water partition coefficient (Wildman–Crippen LogP) is 3.04. The molecule has 2 rings (SSSR count). The lowest BCUT2D eigenvalue weighted by Gasteiger charge is -2.11. The van der Waals surface area contributed by atoms with Crippen molar-refractivity contribution in [2.24, 2.45) is 0 Å². The summed E-state index contributed by atoms with van der Waals surface area (Å²) in [4.78, 5) is 23.2. The fourth-order valence-corrected chi connectivity index (χ4v) is 2.09. The van der Waals surface area contributed by atoms with Gasteiger partial charge in [-0.15, -0.1) is 0 Å². The van der Waals surface area contributed by atoms with Gasteiger partial charge in [0.25, 0.3) is 0 Å². The Morgan fingerprint density at radius 3 is 2.47 bits per heavy atom. The van der Waals surface area contributed by atoms with E-state index in [1.165, 1.54) is 13.0 Å². The number of hydrogen-bond donors (Lipinski definition) is 1. The van der Waals surface area contributed by atoms with Gasteiger partial charge in [-0.05, 0) is 38.0 Å². The Morgan fingerprint density at radius 2 is 1.95 bits per heavy atom. The highest BCUT2D eigenvalue weighted by molar-refractivity contribution is 6.09. The van der Waals surface area contributed by atoms with Crippen molar-refractivity contribution in [2.75, 3.05) is 0 Å². The molecule has 0 spiro atoms. The average molecular weight is 258 g/mol. The third kappa shape index (κ3) is 2.05. The summed E-state index contributed by atoms with van der Waals surface area (Å²) in [6.45, 7) is 8.58. The van der Waals surface area contributed by atoms with Crippen molar-refractivity contribution in [1.29, 1.82) is 0 Å². The number of carbonyl (C=O) groups is 1. The maximum absolute atomic E-state index is 11.7. The van der Waals surface area contributed by atoms with Crippen LogP contribution in [0.2, 0.25) is 0 Å². The summed E-state index contributed by atoms with van der Waals surface area (Å²) in [5, 5.41) is 10.8. The predicted molar refractivity (Wildman–Crippen MR) is 73.6 cm³/mol. The van der Waals surface area contributed by atoms with E-state index in [2.05, 4.69) is 6.58 Å². The van der Waals surface area contributed by atoms with Gasteiger partial charge in [-0.1, -0.05) is 6.58 Å². The van der Waals surface area contributed by atoms with Crippen molar-refractivity contribution < 1.29 is 14.3 Å². The molecule has 19 heavy (non-hydrogen) atoms. The van der Waals surface area contributed by atoms with Crippen LogP contribution < -0.4 is 5.63 Å². The smallest absolute Gasteiger partial charge is 0.336 e. The van der Waals surface area contributed by atoms with Crippen LogP contribution in [0, 0.1) is 6.92 Å². The molecule has 98 valence electrons. The topological polar surface area (TPSA) is 67.5 Å². The van der Waals surface area contributed by atoms with E-state index in [1.807, 2.05) is 0 Å². The van der Waals surface area contributed by atoms with Gasteiger partial charge < -0.3 is 9.52 Å². The van der Waals surface area contributed by atoms with E-state index < -0.39 is 5.63 Å². The van der Waals surface area contributed by atoms with E-state index in [-0.39, 0.29) is 22.7 Å². The SMILES string of the molecule is C=C(C)c1cc2c(C)cc(=O)oc2c(C(C)=O)c1O. The van der Waals surface area contributed by atoms with Crippen LogP contribution in [0.1, 0.15) is 35.3 Å². The minimum atomic E-state index is -0.546. The number of rotatable bonds is 2. The molecule has 0 aliphatic rings. The summed E-state index contributed by atoms with van der Waals surface area (Å²) < 4.78 is 5.08. The van der Waals surface area contributed by atoms with Crippen LogP contribution >= 0.6 is 0 Å². The number of phenols is 1. The summed E-state index contributed by atoms with van der Waals surface area (Å²) in [6.07, 6.45) is 0. The number of carbonyl (C=O) groups excluding carboxylic acids is 1. The molecule has 1 aromatic heterocycles. The molecule has 0 atom stereocenters. The molecular weight excluding hydrogens is 244 g/mol. The first-order valence-electron chi connectivity index (χ1n) is 5.80. The van der Waals surface area contributed by atoms with Gasteiger partial charge in [0.15, 0.2) is 11.4 Å². The summed E-state index contributed by atoms with van der Waals surface area (Å²) in [6, 6.07) is 3.03. The van der Waals surface area contributed by atoms with Crippen LogP contribution in [0.4, 0.5) is 0 Å². The highest BCUT2D eigenvalue weighted by Crippen LogP contribution is 2.35. The van der Waals surface area contributed by atoms with Crippen LogP contribution in [0.15, 0.2) is 27.9 Å². The molecule has 0 radical (unpaired) electrons. The van der Waals surface area contributed by atoms with Gasteiger partial charge in [0.2, 0.25) is 0 Å². The van der Waals surface area contributed by atoms with Crippen LogP contribution in [-0.4, -0.2) is 10.9 Å². The second-order valence-electron chi connectivity index (χ2n) is 4.61. The third-order valence-electron chi connectivity index (χ3n) is 3.03. The lowest BCUT2D eigenvalue weighted by Crippen LogP contribution is -2.04. The molecule has 0 bridgehead atoms. The fraction of sp³-hybridized carbons (Fsp3) is 0.200. The van der Waals surface area contributed by atoms with Gasteiger partial charge in [0.1, 0.15) is 11.3 Å². The fourth-order valence-electron chi connectivity index (χ4n) is 2.09. The molecule has 0 unspecified atom stereocenters. The zero-order valence-corrected chi connectivity index (χ0v) is 11.0. The molecule has 1 heterocycles. The molecule has 0 aliphatic carbocycles. The van der Waals surface area contributed by atoms with Crippen molar-refractivity contribution in [1.82, 2.24) is 0 Å². The van der Waals surface area contributed by atoms with E-state index >= 15 is 0 Å². The minimum Gasteiger partial charge on any atom is -0.506 e. The number of aromatic hydroxyl groups is 1. The zero-order valence-electron chi connectivity index (χ0n) is 11.0. The molecule has 0 saturated heterocycles. The number of ketones is 1. The van der Waals surface area contributed by atoms with E-state index in [0.717, 1.165) is 0 Å². The van der Waals surface area contributed by atoms with Gasteiger partial charge in [-0.2, -0.15) is 0 Å². The molecule has 0 saturated carbocycles. The first kappa shape index (κ1) is 13.1. The molecule has 4 heteroatoms. The Labute approximate surface area is 110 Å². The quantitative estimate of drug-likeness (QED) is 0.664. The lowest BCUT2D eigenvalue weighted by atomic mass is 9.96. The summed E-state index contributed by atoms with van der Waals surface area (Å²) in [7, 11) is 0. The molecule has 0 fully saturated rings. The Morgan fingerprint density at radius 1 is 1.32 bits per heavy atom. The number of allylic oxidation sites excluding steroid dienone is 1. The van der Waals surface area contributed by atoms with E-state index in [1.54, 1.807) is 19.9 Å². The van der Waals surface area contributed by atoms with Gasteiger partial charge in [0, 0.05) is 17.0 Å². The molecule has 0 aliphatic heterocycles. The normalized spacial score (nSPS) is 10.7. The first-order valence-corrected chi connectivity index (χ1v) is 5.80. The van der Waals surface area contributed by atoms with Crippen molar-refractivity contribution in [3.8, 4) is 5.75 Å². The number of fused-ring (bicyclic) bond motifs is 1. The molecular formula is C15H14O4. The summed E-state index contributed by atoms with van der Waals surface area (Å²) in [5.74, 6) is -0.555. The second kappa shape index (κ2) is 4.39. The van der Waals surface area contributed by atoms with E-state index in [0.29, 0.717) is 22.1 Å². The first-order chi connectivity index (χ1) is 8.82. The zero-order chi connectivity index (χ0) is 14.3. The van der Waals surface area contributed by atoms with Crippen LogP contribution in [0.3, 0.4) is 0 Å². The lowest BCUT2D eigenvalue weighted by molar-refractivity contribution is 0.101. The number of aryl methyl sites for hydroxylation is 1. The van der Waals surface area contributed by atoms with Crippen molar-refractivity contribution in [2.45, 2.75) is 20.8 Å². The Balaban J connectivity index is 3.09. The standard InChI is InChI=1S/C15H14O4/c1-7(2)10-6-11-8(3)5-12(17)19-15(11)13(9(4)16)14(10)18/h5-6,18H,1H2,2-4H3. The Kier molecular flexibility index (Phi) is 3.02. The van der Waals surface area contributed by atoms with Gasteiger partial charge in [0.05, 0.1) is 0 Å². The molecule has 1 aromatic carbocycles. The minimum absolute atomic E-state index is 0.0244. The van der Waals surface area contributed by atoms with Crippen molar-refractivity contribution >= 4 is 22.3 Å². The van der Waals surface area contributed by atoms with Crippen LogP contribution in [0.5, 0.6) is 5.75 Å². The Hall–Kier alpha value is -2.36. The number of benzene rings is 1. The monoisotopic (exact) mass is 258 g/mol. The van der Waals surface area contributed by atoms with Crippen molar-refractivity contribution in [3.63, 3.8) is 0 Å². The van der Waals surface area contributed by atoms with Crippen LogP contribution in [-0.2, 0) is 0 Å². The number of phenolic OH excluding ortho intramolecular Hbond substituents is 1. The third-order valence-corrected chi connectivity index (χ3v) is 3.03. The second-order valence-corrected chi connectivity index (χ2v) is 4.61. The van der Waals surface area contributed by atoms with Crippen molar-refractivity contribution in [3.05, 3.63) is 45.8 Å². The van der Waals surface area contributed by atoms with Gasteiger partial charge >= 0.3 is 5.63 Å². The highest BCUT2D eigenvalue weighted by atomic mass is 16.4. The molecule has 1 N–H and O–H groups in total. The largest absolute Gasteiger partial charge is 0.506 e. The summed E-state index contributed by atoms with van der Waals surface area (Å²) >= 11 is 0. The van der Waals surface area contributed by atoms with Gasteiger partial charge in [-0.3, -0.25) is 4.79 Å². The molecule has 4 nitrogen and oxygen atoms in total. The number of hydrogen-bond acceptors (Lipinski definition) is 4. The maximum atomic E-state index is 11.7. The highest BCUT2D eigenvalue weighted by Gasteiger charge is 2.20. The van der Waals surface area contributed by atoms with Gasteiger partial charge in [-0.25, -0.2) is 4.79 Å². The average Bonchev–Trinajstić information content (AvgIpc) is 2.26. The van der Waals surface area contributed by atoms with E-state index in [9.17, 15) is 14.7 Å². The summed E-state index contributed by atoms with van der Waals surface area (Å²) in [5.41, 5.74) is 1.41. The number of Topliss-reactive ketones (excluding diaryl/α,β-unsaturated/α-hetero) is 1. The van der Waals surface area contributed by atoms with Crippen LogP contribution in [0.25, 0.3) is 16.5 Å². The molecule has 2 aromatic rings. The maximum Gasteiger partial charge on any atom is 0.336 e.